The van der Waals surface area contributed by atoms with E-state index in [1.54, 1.807) is 0 Å². The first-order valence-corrected chi connectivity index (χ1v) is 7.65. The lowest BCUT2D eigenvalue weighted by atomic mass is 10.2. The molecule has 72 valence electrons. The topological polar surface area (TPSA) is 35.2 Å². The van der Waals surface area contributed by atoms with E-state index in [0.717, 1.165) is 6.61 Å². The molecule has 0 aromatic carbocycles. The quantitative estimate of drug-likeness (QED) is 0.670. The Morgan fingerprint density at radius 3 is 2.42 bits per heavy atom. The monoisotopic (exact) mass is 187 g/mol. The molecule has 0 radical (unpaired) electrons. The van der Waals surface area contributed by atoms with Crippen molar-refractivity contribution in [1.29, 1.82) is 0 Å². The van der Waals surface area contributed by atoms with E-state index < -0.39 is 8.32 Å². The fourth-order valence-electron chi connectivity index (χ4n) is 1.92. The van der Waals surface area contributed by atoms with Gasteiger partial charge in [-0.15, -0.1) is 0 Å². The molecule has 0 aromatic rings. The minimum absolute atomic E-state index is 0.317. The van der Waals surface area contributed by atoms with E-state index in [-0.39, 0.29) is 0 Å². The van der Waals surface area contributed by atoms with Crippen LogP contribution in [-0.2, 0) is 4.43 Å². The van der Waals surface area contributed by atoms with Crippen molar-refractivity contribution in [2.45, 2.75) is 44.9 Å². The SMILES string of the molecule is CC(C)C(N)[Si]1(C)CCCCO1. The van der Waals surface area contributed by atoms with Crippen LogP contribution in [0.25, 0.3) is 0 Å². The van der Waals surface area contributed by atoms with E-state index in [9.17, 15) is 0 Å². The van der Waals surface area contributed by atoms with Gasteiger partial charge in [0.2, 0.25) is 8.32 Å². The fraction of sp³-hybridized carbons (Fsp3) is 1.00. The number of hydrogen-bond donors (Lipinski definition) is 1. The molecule has 0 amide bonds. The Bertz CT molecular complexity index is 143. The predicted octanol–water partition coefficient (Wildman–Crippen LogP) is 1.89. The lowest BCUT2D eigenvalue weighted by Crippen LogP contribution is -2.56. The molecule has 1 saturated heterocycles. The molecular weight excluding hydrogens is 166 g/mol. The van der Waals surface area contributed by atoms with Crippen molar-refractivity contribution in [3.8, 4) is 0 Å². The van der Waals surface area contributed by atoms with Crippen LogP contribution in [0.15, 0.2) is 0 Å². The zero-order valence-electron chi connectivity index (χ0n) is 8.47. The van der Waals surface area contributed by atoms with Crippen molar-refractivity contribution in [2.75, 3.05) is 6.61 Å². The summed E-state index contributed by atoms with van der Waals surface area (Å²) in [4.78, 5) is 0. The van der Waals surface area contributed by atoms with Gasteiger partial charge in [-0.2, -0.15) is 0 Å². The van der Waals surface area contributed by atoms with Crippen LogP contribution in [0.3, 0.4) is 0 Å². The molecule has 2 atom stereocenters. The highest BCUT2D eigenvalue weighted by atomic mass is 28.4. The molecule has 1 aliphatic heterocycles. The predicted molar refractivity (Wildman–Crippen MR) is 54.4 cm³/mol. The summed E-state index contributed by atoms with van der Waals surface area (Å²) in [6.07, 6.45) is 2.55. The highest BCUT2D eigenvalue weighted by molar-refractivity contribution is 6.74. The first-order chi connectivity index (χ1) is 5.56. The van der Waals surface area contributed by atoms with E-state index in [4.69, 9.17) is 10.2 Å². The van der Waals surface area contributed by atoms with Gasteiger partial charge in [0.1, 0.15) is 0 Å². The van der Waals surface area contributed by atoms with Gasteiger partial charge >= 0.3 is 0 Å². The Kier molecular flexibility index (Phi) is 3.32. The minimum Gasteiger partial charge on any atom is -0.416 e. The summed E-state index contributed by atoms with van der Waals surface area (Å²) >= 11 is 0. The Hall–Kier alpha value is 0.137. The van der Waals surface area contributed by atoms with Gasteiger partial charge in [0.05, 0.1) is 0 Å². The summed E-state index contributed by atoms with van der Waals surface area (Å²) in [5.74, 6) is 0.569. The van der Waals surface area contributed by atoms with Crippen LogP contribution >= 0.6 is 0 Å². The zero-order chi connectivity index (χ0) is 9.19. The molecule has 0 spiro atoms. The molecule has 12 heavy (non-hydrogen) atoms. The van der Waals surface area contributed by atoms with Crippen LogP contribution in [-0.4, -0.2) is 20.6 Å². The Morgan fingerprint density at radius 1 is 1.33 bits per heavy atom. The standard InChI is InChI=1S/C9H21NOSi/c1-8(2)9(10)12(3)7-5-4-6-11-12/h8-9H,4-7,10H2,1-3H3. The van der Waals surface area contributed by atoms with E-state index in [0.29, 0.717) is 11.6 Å². The summed E-state index contributed by atoms with van der Waals surface area (Å²) in [5.41, 5.74) is 6.48. The molecule has 0 saturated carbocycles. The van der Waals surface area contributed by atoms with Crippen molar-refractivity contribution in [1.82, 2.24) is 0 Å². The molecule has 2 unspecified atom stereocenters. The molecule has 1 rings (SSSR count). The van der Waals surface area contributed by atoms with E-state index in [2.05, 4.69) is 20.4 Å². The van der Waals surface area contributed by atoms with Gasteiger partial charge in [-0.1, -0.05) is 20.3 Å². The molecule has 0 aromatic heterocycles. The van der Waals surface area contributed by atoms with Crippen molar-refractivity contribution < 1.29 is 4.43 Å². The molecule has 2 nitrogen and oxygen atoms in total. The first-order valence-electron chi connectivity index (χ1n) is 4.96. The number of hydrogen-bond acceptors (Lipinski definition) is 2. The summed E-state index contributed by atoms with van der Waals surface area (Å²) in [5, 5.41) is 0. The molecule has 0 bridgehead atoms. The van der Waals surface area contributed by atoms with Crippen LogP contribution in [0.5, 0.6) is 0 Å². The Balaban J connectivity index is 2.56. The van der Waals surface area contributed by atoms with Gasteiger partial charge in [-0.3, -0.25) is 0 Å². The van der Waals surface area contributed by atoms with Crippen molar-refractivity contribution in [2.24, 2.45) is 11.7 Å². The highest BCUT2D eigenvalue weighted by Crippen LogP contribution is 2.26. The van der Waals surface area contributed by atoms with Crippen molar-refractivity contribution in [3.05, 3.63) is 0 Å². The molecule has 1 heterocycles. The van der Waals surface area contributed by atoms with Crippen LogP contribution in [0.2, 0.25) is 12.6 Å². The molecule has 0 aliphatic carbocycles. The summed E-state index contributed by atoms with van der Waals surface area (Å²) in [7, 11) is -1.53. The third-order valence-corrected chi connectivity index (χ3v) is 7.21. The van der Waals surface area contributed by atoms with Gasteiger partial charge in [-0.25, -0.2) is 0 Å². The second-order valence-corrected chi connectivity index (χ2v) is 8.47. The van der Waals surface area contributed by atoms with Gasteiger partial charge in [0.25, 0.3) is 0 Å². The Morgan fingerprint density at radius 2 is 2.00 bits per heavy atom. The maximum Gasteiger partial charge on any atom is 0.206 e. The summed E-state index contributed by atoms with van der Waals surface area (Å²) in [6.45, 7) is 7.63. The fourth-order valence-corrected chi connectivity index (χ4v) is 5.57. The highest BCUT2D eigenvalue weighted by Gasteiger charge is 2.39. The van der Waals surface area contributed by atoms with Gasteiger partial charge < -0.3 is 10.2 Å². The minimum atomic E-state index is -1.53. The van der Waals surface area contributed by atoms with Crippen molar-refractivity contribution >= 4 is 8.32 Å². The lowest BCUT2D eigenvalue weighted by Gasteiger charge is -2.38. The number of rotatable bonds is 2. The second-order valence-electron chi connectivity index (χ2n) is 4.39. The zero-order valence-corrected chi connectivity index (χ0v) is 9.47. The average Bonchev–Trinajstić information content (AvgIpc) is 2.04. The van der Waals surface area contributed by atoms with Crippen LogP contribution in [0.1, 0.15) is 26.7 Å². The summed E-state index contributed by atoms with van der Waals surface area (Å²) < 4.78 is 5.90. The van der Waals surface area contributed by atoms with Gasteiger partial charge in [0.15, 0.2) is 0 Å². The maximum atomic E-state index is 6.16. The third kappa shape index (κ3) is 2.09. The van der Waals surface area contributed by atoms with E-state index in [1.807, 2.05) is 0 Å². The van der Waals surface area contributed by atoms with Gasteiger partial charge in [-0.05, 0) is 24.9 Å². The van der Waals surface area contributed by atoms with Crippen LogP contribution in [0, 0.1) is 5.92 Å². The van der Waals surface area contributed by atoms with E-state index in [1.165, 1.54) is 18.9 Å². The Labute approximate surface area is 76.6 Å². The first kappa shape index (κ1) is 10.2. The molecular formula is C9H21NOSi. The molecule has 1 aliphatic rings. The molecule has 1 fully saturated rings. The second kappa shape index (κ2) is 3.90. The molecule has 3 heteroatoms. The third-order valence-electron chi connectivity index (χ3n) is 2.92. The van der Waals surface area contributed by atoms with Crippen molar-refractivity contribution in [3.63, 3.8) is 0 Å². The maximum absolute atomic E-state index is 6.16. The normalized spacial score (nSPS) is 33.8. The van der Waals surface area contributed by atoms with Crippen LogP contribution in [0.4, 0.5) is 0 Å². The average molecular weight is 187 g/mol. The largest absolute Gasteiger partial charge is 0.416 e. The lowest BCUT2D eigenvalue weighted by molar-refractivity contribution is 0.256. The number of nitrogens with two attached hydrogens (primary N) is 1. The van der Waals surface area contributed by atoms with E-state index >= 15 is 0 Å². The molecule has 2 N–H and O–H groups in total. The van der Waals surface area contributed by atoms with Crippen LogP contribution < -0.4 is 5.73 Å². The smallest absolute Gasteiger partial charge is 0.206 e. The van der Waals surface area contributed by atoms with Gasteiger partial charge in [0, 0.05) is 12.3 Å². The summed E-state index contributed by atoms with van der Waals surface area (Å²) in [6, 6.07) is 1.26.